The molecule has 0 radical (unpaired) electrons. The number of rotatable bonds is 1. The van der Waals surface area contributed by atoms with E-state index < -0.39 is 17.5 Å². The van der Waals surface area contributed by atoms with E-state index >= 15 is 0 Å². The van der Waals surface area contributed by atoms with Crippen LogP contribution in [-0.4, -0.2) is 12.0 Å². The highest BCUT2D eigenvalue weighted by atomic mass is 19.4. The molecule has 0 saturated heterocycles. The summed E-state index contributed by atoms with van der Waals surface area (Å²) in [6, 6.07) is 5.09. The van der Waals surface area contributed by atoms with Crippen molar-refractivity contribution >= 4 is 11.5 Å². The molecule has 0 aromatic heterocycles. The third-order valence-corrected chi connectivity index (χ3v) is 1.46. The molecule has 2 nitrogen and oxygen atoms in total. The molecule has 1 rings (SSSR count). The maximum absolute atomic E-state index is 11.9. The van der Waals surface area contributed by atoms with Gasteiger partial charge in [0.1, 0.15) is 0 Å². The molecule has 2 N–H and O–H groups in total. The molecule has 0 heterocycles. The number of para-hydroxylation sites is 1. The van der Waals surface area contributed by atoms with E-state index in [-0.39, 0.29) is 5.69 Å². The predicted molar refractivity (Wildman–Crippen MR) is 41.2 cm³/mol. The smallest absolute Gasteiger partial charge is 0.398 e. The monoisotopic (exact) mass is 189 g/mol. The second kappa shape index (κ2) is 3.08. The van der Waals surface area contributed by atoms with E-state index in [9.17, 15) is 18.0 Å². The van der Waals surface area contributed by atoms with Crippen molar-refractivity contribution in [3.8, 4) is 0 Å². The summed E-state index contributed by atoms with van der Waals surface area (Å²) in [6.45, 7) is 0. The number of alkyl halides is 3. The summed E-state index contributed by atoms with van der Waals surface area (Å²) >= 11 is 0. The third kappa shape index (κ3) is 1.99. The van der Waals surface area contributed by atoms with Gasteiger partial charge in [0.15, 0.2) is 0 Å². The lowest BCUT2D eigenvalue weighted by Crippen LogP contribution is -2.23. The Morgan fingerprint density at radius 3 is 2.23 bits per heavy atom. The Morgan fingerprint density at radius 2 is 1.77 bits per heavy atom. The van der Waals surface area contributed by atoms with Gasteiger partial charge in [-0.25, -0.2) is 0 Å². The van der Waals surface area contributed by atoms with Gasteiger partial charge in [0.2, 0.25) is 0 Å². The van der Waals surface area contributed by atoms with Crippen LogP contribution >= 0.6 is 0 Å². The summed E-state index contributed by atoms with van der Waals surface area (Å²) in [4.78, 5) is 10.7. The van der Waals surface area contributed by atoms with Gasteiger partial charge in [-0.2, -0.15) is 13.2 Å². The molecule has 0 amide bonds. The second-order valence-electron chi connectivity index (χ2n) is 2.41. The van der Waals surface area contributed by atoms with Crippen molar-refractivity contribution in [1.29, 1.82) is 0 Å². The quantitative estimate of drug-likeness (QED) is 0.542. The lowest BCUT2D eigenvalue weighted by molar-refractivity contribution is -0.0884. The van der Waals surface area contributed by atoms with Crippen LogP contribution in [0.1, 0.15) is 10.4 Å². The highest BCUT2D eigenvalue weighted by molar-refractivity contribution is 6.04. The van der Waals surface area contributed by atoms with Crippen LogP contribution in [0.15, 0.2) is 24.3 Å². The maximum atomic E-state index is 11.9. The normalized spacial score (nSPS) is 11.3. The van der Waals surface area contributed by atoms with Crippen LogP contribution < -0.4 is 5.73 Å². The van der Waals surface area contributed by atoms with E-state index in [0.29, 0.717) is 0 Å². The van der Waals surface area contributed by atoms with Crippen LogP contribution in [0, 0.1) is 0 Å². The topological polar surface area (TPSA) is 43.1 Å². The van der Waals surface area contributed by atoms with Crippen LogP contribution in [0.25, 0.3) is 0 Å². The lowest BCUT2D eigenvalue weighted by Gasteiger charge is -2.06. The fraction of sp³-hybridized carbons (Fsp3) is 0.125. The van der Waals surface area contributed by atoms with E-state index in [2.05, 4.69) is 0 Å². The van der Waals surface area contributed by atoms with Crippen molar-refractivity contribution in [3.05, 3.63) is 29.8 Å². The average Bonchev–Trinajstić information content (AvgIpc) is 2.02. The van der Waals surface area contributed by atoms with Crippen LogP contribution in [0.5, 0.6) is 0 Å². The fourth-order valence-corrected chi connectivity index (χ4v) is 0.856. The first-order valence-electron chi connectivity index (χ1n) is 3.39. The van der Waals surface area contributed by atoms with Crippen molar-refractivity contribution in [1.82, 2.24) is 0 Å². The van der Waals surface area contributed by atoms with Crippen molar-refractivity contribution in [2.24, 2.45) is 0 Å². The molecule has 13 heavy (non-hydrogen) atoms. The van der Waals surface area contributed by atoms with E-state index in [0.717, 1.165) is 6.07 Å². The molecule has 0 unspecified atom stereocenters. The van der Waals surface area contributed by atoms with Crippen molar-refractivity contribution in [3.63, 3.8) is 0 Å². The zero-order valence-electron chi connectivity index (χ0n) is 6.43. The van der Waals surface area contributed by atoms with E-state index in [1.165, 1.54) is 18.2 Å². The fourth-order valence-electron chi connectivity index (χ4n) is 0.856. The molecule has 1 aromatic carbocycles. The molecule has 0 spiro atoms. The van der Waals surface area contributed by atoms with Gasteiger partial charge in [-0.3, -0.25) is 4.79 Å². The SMILES string of the molecule is Nc1ccccc1C(=O)C(F)(F)F. The van der Waals surface area contributed by atoms with Gasteiger partial charge in [0.25, 0.3) is 5.78 Å². The zero-order chi connectivity index (χ0) is 10.1. The number of nitrogen functional groups attached to an aromatic ring is 1. The number of benzene rings is 1. The first-order chi connectivity index (χ1) is 5.93. The van der Waals surface area contributed by atoms with Gasteiger partial charge in [0, 0.05) is 5.69 Å². The van der Waals surface area contributed by atoms with Gasteiger partial charge < -0.3 is 5.73 Å². The number of carbonyl (C=O) groups is 1. The molecule has 0 atom stereocenters. The third-order valence-electron chi connectivity index (χ3n) is 1.46. The number of anilines is 1. The standard InChI is InChI=1S/C8H6F3NO/c9-8(10,11)7(13)5-3-1-2-4-6(5)12/h1-4H,12H2. The van der Waals surface area contributed by atoms with Gasteiger partial charge in [-0.05, 0) is 12.1 Å². The van der Waals surface area contributed by atoms with Crippen LogP contribution in [-0.2, 0) is 0 Å². The van der Waals surface area contributed by atoms with E-state index in [4.69, 9.17) is 5.73 Å². The molecule has 70 valence electrons. The van der Waals surface area contributed by atoms with Gasteiger partial charge >= 0.3 is 6.18 Å². The highest BCUT2D eigenvalue weighted by Crippen LogP contribution is 2.24. The molecule has 1 aromatic rings. The average molecular weight is 189 g/mol. The molecule has 0 saturated carbocycles. The van der Waals surface area contributed by atoms with Crippen molar-refractivity contribution < 1.29 is 18.0 Å². The summed E-state index contributed by atoms with van der Waals surface area (Å²) in [5.74, 6) is -1.91. The second-order valence-corrected chi connectivity index (χ2v) is 2.41. The molecule has 0 aliphatic rings. The molecular formula is C8H6F3NO. The Balaban J connectivity index is 3.10. The minimum Gasteiger partial charge on any atom is -0.398 e. The summed E-state index contributed by atoms with van der Waals surface area (Å²) in [5, 5.41) is 0. The van der Waals surface area contributed by atoms with E-state index in [1.807, 2.05) is 0 Å². The Morgan fingerprint density at radius 1 is 1.23 bits per heavy atom. The largest absolute Gasteiger partial charge is 0.454 e. The van der Waals surface area contributed by atoms with Gasteiger partial charge in [0.05, 0.1) is 5.56 Å². The number of Topliss-reactive ketones (excluding diaryl/α,β-unsaturated/α-hetero) is 1. The molecule has 0 bridgehead atoms. The molecule has 0 fully saturated rings. The first kappa shape index (κ1) is 9.57. The number of hydrogen-bond acceptors (Lipinski definition) is 2. The van der Waals surface area contributed by atoms with Crippen LogP contribution in [0.3, 0.4) is 0 Å². The summed E-state index contributed by atoms with van der Waals surface area (Å²) in [7, 11) is 0. The van der Waals surface area contributed by atoms with E-state index in [1.54, 1.807) is 0 Å². The summed E-state index contributed by atoms with van der Waals surface area (Å²) in [5.41, 5.74) is 4.53. The summed E-state index contributed by atoms with van der Waals surface area (Å²) in [6.07, 6.45) is -4.87. The Kier molecular flexibility index (Phi) is 2.27. The number of ketones is 1. The Labute approximate surface area is 72.2 Å². The number of nitrogens with two attached hydrogens (primary N) is 1. The maximum Gasteiger partial charge on any atom is 0.454 e. The summed E-state index contributed by atoms with van der Waals surface area (Å²) < 4.78 is 35.7. The molecule has 0 aliphatic heterocycles. The highest BCUT2D eigenvalue weighted by Gasteiger charge is 2.39. The zero-order valence-corrected chi connectivity index (χ0v) is 6.43. The van der Waals surface area contributed by atoms with Crippen LogP contribution in [0.4, 0.5) is 18.9 Å². The lowest BCUT2D eigenvalue weighted by atomic mass is 10.1. The van der Waals surface area contributed by atoms with Gasteiger partial charge in [-0.15, -0.1) is 0 Å². The number of carbonyl (C=O) groups excluding carboxylic acids is 1. The minimum absolute atomic E-state index is 0.162. The molecule has 0 aliphatic carbocycles. The Bertz CT molecular complexity index is 332. The molecule has 5 heteroatoms. The Hall–Kier alpha value is -1.52. The predicted octanol–water partition coefficient (Wildman–Crippen LogP) is 2.01. The minimum atomic E-state index is -4.87. The van der Waals surface area contributed by atoms with Crippen molar-refractivity contribution in [2.45, 2.75) is 6.18 Å². The number of hydrogen-bond donors (Lipinski definition) is 1. The first-order valence-corrected chi connectivity index (χ1v) is 3.39. The van der Waals surface area contributed by atoms with Crippen LogP contribution in [0.2, 0.25) is 0 Å². The number of halogens is 3. The van der Waals surface area contributed by atoms with Gasteiger partial charge in [-0.1, -0.05) is 12.1 Å². The molecular weight excluding hydrogens is 183 g/mol. The van der Waals surface area contributed by atoms with Crippen molar-refractivity contribution in [2.75, 3.05) is 5.73 Å².